The summed E-state index contributed by atoms with van der Waals surface area (Å²) < 4.78 is 24.5. The second kappa shape index (κ2) is 4.75. The van der Waals surface area contributed by atoms with E-state index in [1.54, 1.807) is 12.1 Å². The van der Waals surface area contributed by atoms with E-state index < -0.39 is 15.9 Å². The van der Waals surface area contributed by atoms with Crippen LogP contribution in [-0.2, 0) is 9.84 Å². The number of hydrogen-bond acceptors (Lipinski definition) is 4. The fraction of sp³-hybridized carbons (Fsp3) is 0.538. The molecule has 0 amide bonds. The number of β-amino-alcohol motifs (C(OH)–C–C–N with tert-alkyl or cyclic N) is 1. The van der Waals surface area contributed by atoms with Gasteiger partial charge in [0.15, 0.2) is 9.84 Å². The van der Waals surface area contributed by atoms with E-state index >= 15 is 0 Å². The highest BCUT2D eigenvalue weighted by Gasteiger charge is 2.39. The lowest BCUT2D eigenvalue weighted by atomic mass is 9.90. The van der Waals surface area contributed by atoms with E-state index in [0.717, 1.165) is 4.47 Å². The van der Waals surface area contributed by atoms with Gasteiger partial charge in [0.2, 0.25) is 0 Å². The molecule has 19 heavy (non-hydrogen) atoms. The van der Waals surface area contributed by atoms with Gasteiger partial charge in [0.1, 0.15) is 0 Å². The number of halogens is 1. The molecule has 0 spiro atoms. The minimum atomic E-state index is -3.30. The lowest BCUT2D eigenvalue weighted by Crippen LogP contribution is -2.26. The molecule has 1 atom stereocenters. The number of sulfone groups is 1. The van der Waals surface area contributed by atoms with Crippen molar-refractivity contribution in [2.24, 2.45) is 5.41 Å². The number of anilines is 1. The first-order chi connectivity index (χ1) is 8.63. The summed E-state index contributed by atoms with van der Waals surface area (Å²) in [6.07, 6.45) is 0.739. The highest BCUT2D eigenvalue weighted by atomic mass is 79.9. The number of benzene rings is 1. The number of hydrogen-bond donors (Lipinski definition) is 1. The van der Waals surface area contributed by atoms with Gasteiger partial charge >= 0.3 is 0 Å². The molecule has 1 aliphatic rings. The largest absolute Gasteiger partial charge is 0.391 e. The first-order valence-electron chi connectivity index (χ1n) is 6.04. The smallest absolute Gasteiger partial charge is 0.177 e. The van der Waals surface area contributed by atoms with Crippen LogP contribution >= 0.6 is 15.9 Å². The molecule has 0 aromatic heterocycles. The molecular formula is C13H18BrNO3S. The molecule has 1 aliphatic heterocycles. The zero-order chi connectivity index (χ0) is 14.4. The Morgan fingerprint density at radius 3 is 2.53 bits per heavy atom. The normalized spacial score (nSPS) is 22.8. The lowest BCUT2D eigenvalue weighted by molar-refractivity contribution is 0.0964. The van der Waals surface area contributed by atoms with Gasteiger partial charge in [-0.05, 0) is 28.1 Å². The molecule has 1 fully saturated rings. The molecule has 0 bridgehead atoms. The highest BCUT2D eigenvalue weighted by molar-refractivity contribution is 9.10. The third-order valence-corrected chi connectivity index (χ3v) is 5.33. The molecule has 1 saturated heterocycles. The zero-order valence-corrected chi connectivity index (χ0v) is 13.6. The molecule has 6 heteroatoms. The Labute approximate surface area is 122 Å². The minimum Gasteiger partial charge on any atom is -0.391 e. The van der Waals surface area contributed by atoms with Gasteiger partial charge in [-0.2, -0.15) is 0 Å². The van der Waals surface area contributed by atoms with E-state index in [0.29, 0.717) is 23.7 Å². The van der Waals surface area contributed by atoms with Gasteiger partial charge in [0.25, 0.3) is 0 Å². The Morgan fingerprint density at radius 1 is 1.42 bits per heavy atom. The second-order valence-corrected chi connectivity index (χ2v) is 8.58. The van der Waals surface area contributed by atoms with Crippen LogP contribution in [0.25, 0.3) is 0 Å². The van der Waals surface area contributed by atoms with E-state index in [1.807, 2.05) is 24.8 Å². The van der Waals surface area contributed by atoms with Crippen molar-refractivity contribution in [1.82, 2.24) is 0 Å². The monoisotopic (exact) mass is 347 g/mol. The van der Waals surface area contributed by atoms with Crippen molar-refractivity contribution in [3.63, 3.8) is 0 Å². The number of nitrogens with zero attached hydrogens (tertiary/aromatic N) is 1. The number of aliphatic hydroxyl groups excluding tert-OH is 1. The maximum Gasteiger partial charge on any atom is 0.177 e. The maximum absolute atomic E-state index is 11.9. The third kappa shape index (κ3) is 2.80. The molecule has 1 unspecified atom stereocenters. The van der Waals surface area contributed by atoms with Gasteiger partial charge in [-0.25, -0.2) is 8.42 Å². The van der Waals surface area contributed by atoms with Crippen LogP contribution in [0.2, 0.25) is 0 Å². The third-order valence-electron chi connectivity index (χ3n) is 3.56. The van der Waals surface area contributed by atoms with Crippen molar-refractivity contribution < 1.29 is 13.5 Å². The Hall–Kier alpha value is -0.590. The van der Waals surface area contributed by atoms with Gasteiger partial charge in [0.05, 0.1) is 16.7 Å². The van der Waals surface area contributed by atoms with Gasteiger partial charge in [-0.15, -0.1) is 0 Å². The van der Waals surface area contributed by atoms with E-state index in [2.05, 4.69) is 15.9 Å². The molecule has 1 aromatic rings. The van der Waals surface area contributed by atoms with Crippen molar-refractivity contribution in [1.29, 1.82) is 0 Å². The van der Waals surface area contributed by atoms with Crippen molar-refractivity contribution in [3.8, 4) is 0 Å². The topological polar surface area (TPSA) is 57.6 Å². The molecule has 0 saturated carbocycles. The molecule has 1 N–H and O–H groups in total. The summed E-state index contributed by atoms with van der Waals surface area (Å²) in [4.78, 5) is 2.23. The van der Waals surface area contributed by atoms with E-state index in [4.69, 9.17) is 0 Å². The van der Waals surface area contributed by atoms with Gasteiger partial charge < -0.3 is 10.0 Å². The molecule has 0 radical (unpaired) electrons. The van der Waals surface area contributed by atoms with Crippen molar-refractivity contribution >= 4 is 31.5 Å². The maximum atomic E-state index is 11.9. The molecular weight excluding hydrogens is 330 g/mol. The average molecular weight is 348 g/mol. The van der Waals surface area contributed by atoms with E-state index in [1.165, 1.54) is 6.26 Å². The average Bonchev–Trinajstić information content (AvgIpc) is 2.51. The molecule has 1 heterocycles. The van der Waals surface area contributed by atoms with Crippen LogP contribution in [0.4, 0.5) is 5.69 Å². The highest BCUT2D eigenvalue weighted by Crippen LogP contribution is 2.39. The van der Waals surface area contributed by atoms with Crippen LogP contribution in [0.1, 0.15) is 13.8 Å². The number of aliphatic hydroxyl groups is 1. The molecule has 0 aliphatic carbocycles. The summed E-state index contributed by atoms with van der Waals surface area (Å²) >= 11 is 3.42. The fourth-order valence-corrected chi connectivity index (χ4v) is 4.05. The van der Waals surface area contributed by atoms with Crippen LogP contribution in [-0.4, -0.2) is 39.0 Å². The predicted molar refractivity (Wildman–Crippen MR) is 79.3 cm³/mol. The summed E-state index contributed by atoms with van der Waals surface area (Å²) in [5, 5.41) is 10.1. The summed E-state index contributed by atoms with van der Waals surface area (Å²) in [5.41, 5.74) is 0.402. The minimum absolute atomic E-state index is 0.246. The van der Waals surface area contributed by atoms with Crippen LogP contribution in [0, 0.1) is 5.41 Å². The van der Waals surface area contributed by atoms with Crippen molar-refractivity contribution in [3.05, 3.63) is 22.7 Å². The van der Waals surface area contributed by atoms with Gasteiger partial charge in [0, 0.05) is 29.2 Å². The predicted octanol–water partition coefficient (Wildman–Crippen LogP) is 2.06. The number of para-hydroxylation sites is 1. The quantitative estimate of drug-likeness (QED) is 0.889. The van der Waals surface area contributed by atoms with Crippen LogP contribution < -0.4 is 4.90 Å². The van der Waals surface area contributed by atoms with Gasteiger partial charge in [-0.3, -0.25) is 0 Å². The van der Waals surface area contributed by atoms with E-state index in [-0.39, 0.29) is 5.41 Å². The Bertz CT molecular complexity index is 598. The van der Waals surface area contributed by atoms with Crippen molar-refractivity contribution in [2.75, 3.05) is 24.2 Å². The zero-order valence-electron chi connectivity index (χ0n) is 11.2. The van der Waals surface area contributed by atoms with Crippen LogP contribution in [0.3, 0.4) is 0 Å². The summed E-state index contributed by atoms with van der Waals surface area (Å²) in [7, 11) is -3.30. The van der Waals surface area contributed by atoms with Crippen LogP contribution in [0.5, 0.6) is 0 Å². The molecule has 1 aromatic carbocycles. The molecule has 106 valence electrons. The van der Waals surface area contributed by atoms with Crippen molar-refractivity contribution in [2.45, 2.75) is 24.8 Å². The first-order valence-corrected chi connectivity index (χ1v) is 8.73. The lowest BCUT2D eigenvalue weighted by Gasteiger charge is -2.24. The van der Waals surface area contributed by atoms with E-state index in [9.17, 15) is 13.5 Å². The summed E-state index contributed by atoms with van der Waals surface area (Å²) in [6, 6.07) is 5.14. The van der Waals surface area contributed by atoms with Crippen LogP contribution in [0.15, 0.2) is 27.6 Å². The summed E-state index contributed by atoms with van der Waals surface area (Å²) in [5.74, 6) is 0. The fourth-order valence-electron chi connectivity index (χ4n) is 2.39. The van der Waals surface area contributed by atoms with Gasteiger partial charge in [-0.1, -0.05) is 19.9 Å². The first kappa shape index (κ1) is 14.8. The SMILES string of the molecule is CC1(C)CN(c2c(Br)cccc2S(C)(=O)=O)CC1O. The Balaban J connectivity index is 2.53. The molecule has 2 rings (SSSR count). The Kier molecular flexibility index (Phi) is 3.70. The second-order valence-electron chi connectivity index (χ2n) is 5.74. The Morgan fingerprint density at radius 2 is 2.05 bits per heavy atom. The summed E-state index contributed by atoms with van der Waals surface area (Å²) in [6.45, 7) is 5.03. The number of rotatable bonds is 2. The standard InChI is InChI=1S/C13H18BrNO3S/c1-13(2)8-15(7-11(13)16)12-9(14)5-4-6-10(12)19(3,17)18/h4-6,11,16H,7-8H2,1-3H3. The molecule has 4 nitrogen and oxygen atoms in total.